The van der Waals surface area contributed by atoms with E-state index in [9.17, 15) is 9.18 Å². The van der Waals surface area contributed by atoms with Crippen molar-refractivity contribution in [1.82, 2.24) is 29.2 Å². The zero-order valence-electron chi connectivity index (χ0n) is 18.9. The first kappa shape index (κ1) is 20.9. The molecule has 1 saturated heterocycles. The van der Waals surface area contributed by atoms with Gasteiger partial charge >= 0.3 is 0 Å². The Morgan fingerprint density at radius 3 is 2.85 bits per heavy atom. The van der Waals surface area contributed by atoms with Crippen LogP contribution >= 0.6 is 0 Å². The fourth-order valence-electron chi connectivity index (χ4n) is 5.35. The van der Waals surface area contributed by atoms with Gasteiger partial charge in [-0.25, -0.2) is 9.37 Å². The molecule has 2 N–H and O–H groups in total. The smallest absolute Gasteiger partial charge is 0.228 e. The first-order valence-electron chi connectivity index (χ1n) is 11.7. The molecule has 0 aromatic carbocycles. The number of rotatable bonds is 5. The number of ether oxygens (including phenoxy) is 1. The molecule has 34 heavy (non-hydrogen) atoms. The second-order valence-corrected chi connectivity index (χ2v) is 9.06. The SMILES string of the molecule is COc1nc(NC2CCC(N3CCCC3=O)CC2)nc2[nH]cc(-c3cc(F)c4nccn4c3)c12. The van der Waals surface area contributed by atoms with Gasteiger partial charge in [0.1, 0.15) is 5.65 Å². The number of carbonyl (C=O) groups is 1. The van der Waals surface area contributed by atoms with Crippen LogP contribution in [0.25, 0.3) is 27.8 Å². The van der Waals surface area contributed by atoms with Crippen LogP contribution in [-0.4, -0.2) is 60.9 Å². The van der Waals surface area contributed by atoms with E-state index in [1.165, 1.54) is 6.07 Å². The number of anilines is 1. The Labute approximate surface area is 195 Å². The first-order chi connectivity index (χ1) is 16.6. The van der Waals surface area contributed by atoms with Gasteiger partial charge in [0.15, 0.2) is 11.5 Å². The molecule has 176 valence electrons. The van der Waals surface area contributed by atoms with Crippen LogP contribution in [0.1, 0.15) is 38.5 Å². The molecule has 1 amide bonds. The lowest BCUT2D eigenvalue weighted by molar-refractivity contribution is -0.130. The van der Waals surface area contributed by atoms with Crippen LogP contribution in [0.4, 0.5) is 10.3 Å². The molecule has 4 aromatic heterocycles. The third-order valence-electron chi connectivity index (χ3n) is 7.03. The topological polar surface area (TPSA) is 100 Å². The van der Waals surface area contributed by atoms with Gasteiger partial charge in [-0.15, -0.1) is 0 Å². The second kappa shape index (κ2) is 8.27. The van der Waals surface area contributed by atoms with Gasteiger partial charge in [-0.05, 0) is 38.2 Å². The molecule has 9 nitrogen and oxygen atoms in total. The van der Waals surface area contributed by atoms with Crippen LogP contribution in [0, 0.1) is 5.82 Å². The molecule has 0 atom stereocenters. The van der Waals surface area contributed by atoms with Crippen molar-refractivity contribution in [2.75, 3.05) is 19.0 Å². The van der Waals surface area contributed by atoms with E-state index < -0.39 is 5.82 Å². The molecular formula is C24H26FN7O2. The largest absolute Gasteiger partial charge is 0.480 e. The summed E-state index contributed by atoms with van der Waals surface area (Å²) in [5.41, 5.74) is 2.32. The Kier molecular flexibility index (Phi) is 5.08. The van der Waals surface area contributed by atoms with Crippen molar-refractivity contribution in [3.63, 3.8) is 0 Å². The number of methoxy groups -OCH3 is 1. The summed E-state index contributed by atoms with van der Waals surface area (Å²) in [6.07, 6.45) is 12.4. The highest BCUT2D eigenvalue weighted by molar-refractivity contribution is 5.97. The molecule has 0 bridgehead atoms. The minimum Gasteiger partial charge on any atom is -0.480 e. The Balaban J connectivity index is 1.24. The molecule has 0 unspecified atom stereocenters. The average Bonchev–Trinajstić information content (AvgIpc) is 3.58. The maximum atomic E-state index is 14.5. The van der Waals surface area contributed by atoms with Gasteiger partial charge in [0, 0.05) is 61.0 Å². The summed E-state index contributed by atoms with van der Waals surface area (Å²) in [5, 5.41) is 4.15. The Morgan fingerprint density at radius 2 is 2.09 bits per heavy atom. The number of nitrogens with zero attached hydrogens (tertiary/aromatic N) is 5. The number of imidazole rings is 1. The Hall–Kier alpha value is -3.69. The van der Waals surface area contributed by atoms with Crippen LogP contribution in [0.15, 0.2) is 30.9 Å². The molecule has 1 aliphatic carbocycles. The zero-order chi connectivity index (χ0) is 23.2. The normalized spacial score (nSPS) is 21.0. The lowest BCUT2D eigenvalue weighted by Gasteiger charge is -2.34. The number of aromatic amines is 1. The number of hydrogen-bond acceptors (Lipinski definition) is 6. The fourth-order valence-corrected chi connectivity index (χ4v) is 5.35. The van der Waals surface area contributed by atoms with Gasteiger partial charge in [-0.3, -0.25) is 4.79 Å². The van der Waals surface area contributed by atoms with Crippen LogP contribution < -0.4 is 10.1 Å². The summed E-state index contributed by atoms with van der Waals surface area (Å²) >= 11 is 0. The van der Waals surface area contributed by atoms with E-state index in [0.29, 0.717) is 46.8 Å². The van der Waals surface area contributed by atoms with Gasteiger partial charge in [0.2, 0.25) is 17.7 Å². The van der Waals surface area contributed by atoms with E-state index in [-0.39, 0.29) is 11.7 Å². The van der Waals surface area contributed by atoms with E-state index in [0.717, 1.165) is 44.2 Å². The standard InChI is InChI=1S/C24H26FN7O2/c1-34-23-20-17(14-11-18(25)22-26-8-10-31(22)13-14)12-27-21(20)29-24(30-23)28-15-4-6-16(7-5-15)32-9-2-3-19(32)33/h8,10-13,15-16H,2-7,9H2,1H3,(H2,27,28,29,30). The molecular weight excluding hydrogens is 437 g/mol. The number of nitrogens with one attached hydrogen (secondary N) is 2. The molecule has 2 fully saturated rings. The summed E-state index contributed by atoms with van der Waals surface area (Å²) in [4.78, 5) is 30.6. The van der Waals surface area contributed by atoms with Crippen LogP contribution in [0.3, 0.4) is 0 Å². The molecule has 4 aromatic rings. The number of amides is 1. The van der Waals surface area contributed by atoms with Gasteiger partial charge in [0.25, 0.3) is 0 Å². The fraction of sp³-hybridized carbons (Fsp3) is 0.417. The van der Waals surface area contributed by atoms with Crippen LogP contribution in [0.5, 0.6) is 5.88 Å². The second-order valence-electron chi connectivity index (χ2n) is 9.06. The quantitative estimate of drug-likeness (QED) is 0.467. The number of aromatic nitrogens is 5. The third-order valence-corrected chi connectivity index (χ3v) is 7.03. The van der Waals surface area contributed by atoms with E-state index >= 15 is 0 Å². The van der Waals surface area contributed by atoms with Crippen molar-refractivity contribution in [2.45, 2.75) is 50.6 Å². The monoisotopic (exact) mass is 463 g/mol. The number of likely N-dealkylation sites (tertiary alicyclic amines) is 1. The van der Waals surface area contributed by atoms with Gasteiger partial charge in [-0.1, -0.05) is 0 Å². The van der Waals surface area contributed by atoms with Gasteiger partial charge in [-0.2, -0.15) is 9.97 Å². The van der Waals surface area contributed by atoms with Crippen molar-refractivity contribution in [3.8, 4) is 17.0 Å². The summed E-state index contributed by atoms with van der Waals surface area (Å²) < 4.78 is 21.8. The Morgan fingerprint density at radius 1 is 1.24 bits per heavy atom. The summed E-state index contributed by atoms with van der Waals surface area (Å²) in [6, 6.07) is 2.05. The zero-order valence-corrected chi connectivity index (χ0v) is 18.9. The highest BCUT2D eigenvalue weighted by Gasteiger charge is 2.31. The number of pyridine rings is 1. The summed E-state index contributed by atoms with van der Waals surface area (Å²) in [6.45, 7) is 0.894. The van der Waals surface area contributed by atoms with Crippen molar-refractivity contribution >= 4 is 28.5 Å². The lowest BCUT2D eigenvalue weighted by Crippen LogP contribution is -2.41. The first-order valence-corrected chi connectivity index (χ1v) is 11.7. The van der Waals surface area contributed by atoms with Crippen LogP contribution in [-0.2, 0) is 4.79 Å². The molecule has 10 heteroatoms. The van der Waals surface area contributed by atoms with Crippen LogP contribution in [0.2, 0.25) is 0 Å². The number of H-pyrrole nitrogens is 1. The minimum atomic E-state index is -0.402. The summed E-state index contributed by atoms with van der Waals surface area (Å²) in [5.74, 6) is 0.812. The third kappa shape index (κ3) is 3.53. The number of carbonyl (C=O) groups excluding carboxylic acids is 1. The Bertz CT molecular complexity index is 1370. The van der Waals surface area contributed by atoms with Crippen molar-refractivity contribution in [2.24, 2.45) is 0 Å². The number of hydrogen-bond donors (Lipinski definition) is 2. The minimum absolute atomic E-state index is 0.239. The van der Waals surface area contributed by atoms with Crippen molar-refractivity contribution in [1.29, 1.82) is 0 Å². The number of halogens is 1. The van der Waals surface area contributed by atoms with E-state index in [4.69, 9.17) is 4.74 Å². The van der Waals surface area contributed by atoms with Gasteiger partial charge < -0.3 is 24.3 Å². The lowest BCUT2D eigenvalue weighted by atomic mass is 9.90. The van der Waals surface area contributed by atoms with E-state index in [2.05, 4.69) is 30.2 Å². The van der Waals surface area contributed by atoms with E-state index in [1.807, 2.05) is 6.20 Å². The summed E-state index contributed by atoms with van der Waals surface area (Å²) in [7, 11) is 1.57. The highest BCUT2D eigenvalue weighted by Crippen LogP contribution is 2.35. The molecule has 0 spiro atoms. The van der Waals surface area contributed by atoms with E-state index in [1.54, 1.807) is 30.1 Å². The van der Waals surface area contributed by atoms with Crippen molar-refractivity contribution in [3.05, 3.63) is 36.7 Å². The molecule has 1 aliphatic heterocycles. The average molecular weight is 464 g/mol. The maximum absolute atomic E-state index is 14.5. The van der Waals surface area contributed by atoms with Gasteiger partial charge in [0.05, 0.1) is 12.5 Å². The highest BCUT2D eigenvalue weighted by atomic mass is 19.1. The molecule has 2 aliphatic rings. The molecule has 5 heterocycles. The predicted molar refractivity (Wildman–Crippen MR) is 125 cm³/mol. The maximum Gasteiger partial charge on any atom is 0.228 e. The predicted octanol–water partition coefficient (Wildman–Crippen LogP) is 3.77. The molecule has 1 saturated carbocycles. The molecule has 6 rings (SSSR count). The number of fused-ring (bicyclic) bond motifs is 2. The van der Waals surface area contributed by atoms with Crippen molar-refractivity contribution < 1.29 is 13.9 Å². The molecule has 0 radical (unpaired) electrons.